The minimum atomic E-state index is -0.183. The first-order valence-corrected chi connectivity index (χ1v) is 11.8. The van der Waals surface area contributed by atoms with Gasteiger partial charge in [0, 0.05) is 32.7 Å². The zero-order chi connectivity index (χ0) is 22.1. The Morgan fingerprint density at radius 2 is 1.55 bits per heavy atom. The largest absolute Gasteiger partial charge is 0.462 e. The quantitative estimate of drug-likeness (QED) is 0.384. The van der Waals surface area contributed by atoms with Crippen LogP contribution in [-0.4, -0.2) is 55.6 Å². The lowest BCUT2D eigenvalue weighted by atomic mass is 9.98. The lowest BCUT2D eigenvalue weighted by Crippen LogP contribution is -2.44. The number of hydrogen-bond acceptors (Lipinski definition) is 4. The number of hydrogen-bond donors (Lipinski definition) is 0. The van der Waals surface area contributed by atoms with Crippen molar-refractivity contribution in [2.75, 3.05) is 39.8 Å². The van der Waals surface area contributed by atoms with Crippen LogP contribution in [0.25, 0.3) is 0 Å². The van der Waals surface area contributed by atoms with E-state index >= 15 is 0 Å². The molecule has 0 spiro atoms. The highest BCUT2D eigenvalue weighted by molar-refractivity contribution is 5.89. The van der Waals surface area contributed by atoms with Gasteiger partial charge in [-0.2, -0.15) is 0 Å². The van der Waals surface area contributed by atoms with Gasteiger partial charge in [-0.3, -0.25) is 4.90 Å². The molecular formula is C25H46N2O2. The van der Waals surface area contributed by atoms with E-state index in [4.69, 9.17) is 4.74 Å². The van der Waals surface area contributed by atoms with E-state index in [0.29, 0.717) is 12.2 Å². The summed E-state index contributed by atoms with van der Waals surface area (Å²) in [5, 5.41) is 0. The van der Waals surface area contributed by atoms with Gasteiger partial charge in [0.2, 0.25) is 0 Å². The smallest absolute Gasteiger partial charge is 0.338 e. The van der Waals surface area contributed by atoms with Crippen LogP contribution in [0.3, 0.4) is 0 Å². The molecule has 1 heterocycles. The summed E-state index contributed by atoms with van der Waals surface area (Å²) in [7, 11) is 2.18. The molecule has 0 radical (unpaired) electrons. The number of rotatable bonds is 9. The van der Waals surface area contributed by atoms with Gasteiger partial charge in [-0.05, 0) is 49.6 Å². The number of likely N-dealkylation sites (N-methyl/N-ethyl adjacent to an activating group) is 1. The van der Waals surface area contributed by atoms with Crippen LogP contribution in [-0.2, 0) is 17.7 Å². The van der Waals surface area contributed by atoms with Crippen LogP contribution >= 0.6 is 0 Å². The van der Waals surface area contributed by atoms with Gasteiger partial charge >= 0.3 is 5.97 Å². The number of ether oxygens (including phenoxy) is 1. The molecule has 0 aliphatic carbocycles. The highest BCUT2D eigenvalue weighted by Crippen LogP contribution is 2.19. The average Bonchev–Trinajstić information content (AvgIpc) is 2.77. The van der Waals surface area contributed by atoms with Crippen molar-refractivity contribution >= 4 is 5.97 Å². The van der Waals surface area contributed by atoms with Crippen molar-refractivity contribution in [3.8, 4) is 0 Å². The number of esters is 1. The summed E-state index contributed by atoms with van der Waals surface area (Å²) in [5.74, 6) is -0.183. The summed E-state index contributed by atoms with van der Waals surface area (Å²) in [4.78, 5) is 17.1. The maximum atomic E-state index is 12.2. The Hall–Kier alpha value is -1.39. The molecule has 1 fully saturated rings. The second-order valence-corrected chi connectivity index (χ2v) is 7.16. The van der Waals surface area contributed by atoms with Crippen molar-refractivity contribution in [1.29, 1.82) is 0 Å². The number of piperazine rings is 1. The van der Waals surface area contributed by atoms with E-state index in [-0.39, 0.29) is 5.97 Å². The lowest BCUT2D eigenvalue weighted by molar-refractivity contribution is 0.0499. The summed E-state index contributed by atoms with van der Waals surface area (Å²) >= 11 is 0. The summed E-state index contributed by atoms with van der Waals surface area (Å²) in [6, 6.07) is 6.14. The van der Waals surface area contributed by atoms with Crippen molar-refractivity contribution in [2.45, 2.75) is 80.2 Å². The van der Waals surface area contributed by atoms with Gasteiger partial charge in [-0.1, -0.05) is 60.5 Å². The Morgan fingerprint density at radius 1 is 0.931 bits per heavy atom. The molecule has 4 nitrogen and oxygen atoms in total. The van der Waals surface area contributed by atoms with E-state index in [1.165, 1.54) is 17.5 Å². The highest BCUT2D eigenvalue weighted by Gasteiger charge is 2.17. The molecule has 0 unspecified atom stereocenters. The topological polar surface area (TPSA) is 32.8 Å². The maximum absolute atomic E-state index is 12.2. The molecule has 1 aliphatic heterocycles. The minimum absolute atomic E-state index is 0.183. The van der Waals surface area contributed by atoms with E-state index in [0.717, 1.165) is 58.4 Å². The fraction of sp³-hybridized carbons (Fsp3) is 0.720. The van der Waals surface area contributed by atoms with E-state index < -0.39 is 0 Å². The number of unbranched alkanes of at least 4 members (excludes halogenated alkanes) is 2. The van der Waals surface area contributed by atoms with E-state index in [1.807, 2.05) is 33.8 Å². The van der Waals surface area contributed by atoms with Gasteiger partial charge in [0.1, 0.15) is 0 Å². The van der Waals surface area contributed by atoms with Crippen molar-refractivity contribution < 1.29 is 9.53 Å². The van der Waals surface area contributed by atoms with Gasteiger partial charge in [0.25, 0.3) is 0 Å². The predicted octanol–water partition coefficient (Wildman–Crippen LogP) is 5.79. The van der Waals surface area contributed by atoms with Crippen molar-refractivity contribution in [1.82, 2.24) is 9.80 Å². The molecule has 1 aliphatic rings. The molecule has 1 aromatic carbocycles. The minimum Gasteiger partial charge on any atom is -0.462 e. The SMILES string of the molecule is CC.CC.CCCCOC(=O)c1ccc(CN2CCN(C)CC2)c(CCCC)c1. The number of aryl methyl sites for hydroxylation is 1. The van der Waals surface area contributed by atoms with Gasteiger partial charge in [-0.25, -0.2) is 4.79 Å². The Bertz CT molecular complexity index is 538. The summed E-state index contributed by atoms with van der Waals surface area (Å²) in [5.41, 5.74) is 3.37. The third-order valence-electron chi connectivity index (χ3n) is 4.96. The Labute approximate surface area is 180 Å². The third-order valence-corrected chi connectivity index (χ3v) is 4.96. The third kappa shape index (κ3) is 10.8. The fourth-order valence-electron chi connectivity index (χ4n) is 3.15. The average molecular weight is 407 g/mol. The first kappa shape index (κ1) is 27.6. The molecule has 1 saturated heterocycles. The summed E-state index contributed by atoms with van der Waals surface area (Å²) < 4.78 is 5.37. The molecule has 168 valence electrons. The molecule has 1 aromatic rings. The molecule has 4 heteroatoms. The van der Waals surface area contributed by atoms with E-state index in [2.05, 4.69) is 42.8 Å². The van der Waals surface area contributed by atoms with Crippen molar-refractivity contribution in [2.24, 2.45) is 0 Å². The highest BCUT2D eigenvalue weighted by atomic mass is 16.5. The van der Waals surface area contributed by atoms with Gasteiger partial charge < -0.3 is 9.64 Å². The molecule has 0 aromatic heterocycles. The molecule has 0 saturated carbocycles. The van der Waals surface area contributed by atoms with Crippen molar-refractivity contribution in [3.63, 3.8) is 0 Å². The van der Waals surface area contributed by atoms with Gasteiger partial charge in [0.05, 0.1) is 12.2 Å². The van der Waals surface area contributed by atoms with Crippen LogP contribution in [0.1, 0.15) is 88.7 Å². The molecule has 0 amide bonds. The number of benzene rings is 1. The molecule has 2 rings (SSSR count). The van der Waals surface area contributed by atoms with Crippen LogP contribution in [0.5, 0.6) is 0 Å². The van der Waals surface area contributed by atoms with Gasteiger partial charge in [-0.15, -0.1) is 0 Å². The molecule has 0 bridgehead atoms. The number of nitrogens with zero attached hydrogens (tertiary/aromatic N) is 2. The number of carbonyl (C=O) groups is 1. The van der Waals surface area contributed by atoms with Crippen LogP contribution in [0.2, 0.25) is 0 Å². The summed E-state index contributed by atoms with van der Waals surface area (Å²) in [6.45, 7) is 18.3. The summed E-state index contributed by atoms with van der Waals surface area (Å²) in [6.07, 6.45) is 5.33. The lowest BCUT2D eigenvalue weighted by Gasteiger charge is -2.32. The van der Waals surface area contributed by atoms with Crippen LogP contribution < -0.4 is 0 Å². The normalized spacial score (nSPS) is 14.3. The Kier molecular flexibility index (Phi) is 16.6. The first-order chi connectivity index (χ1) is 14.1. The molecule has 0 N–H and O–H groups in total. The molecule has 0 atom stereocenters. The second kappa shape index (κ2) is 17.5. The first-order valence-electron chi connectivity index (χ1n) is 11.8. The maximum Gasteiger partial charge on any atom is 0.338 e. The molecular weight excluding hydrogens is 360 g/mol. The Balaban J connectivity index is 0.00000184. The van der Waals surface area contributed by atoms with Crippen LogP contribution in [0.15, 0.2) is 18.2 Å². The predicted molar refractivity (Wildman–Crippen MR) is 126 cm³/mol. The standard InChI is InChI=1S/C21H34N2O2.2C2H6/c1-4-6-8-18-16-19(21(24)25-15-7-5-2)9-10-20(18)17-23-13-11-22(3)12-14-23;2*1-2/h9-10,16H,4-8,11-15,17H2,1-3H3;2*1-2H3. The Morgan fingerprint density at radius 3 is 2.14 bits per heavy atom. The molecule has 29 heavy (non-hydrogen) atoms. The number of carbonyl (C=O) groups excluding carboxylic acids is 1. The van der Waals surface area contributed by atoms with E-state index in [1.54, 1.807) is 0 Å². The fourth-order valence-corrected chi connectivity index (χ4v) is 3.15. The zero-order valence-corrected chi connectivity index (χ0v) is 20.2. The monoisotopic (exact) mass is 406 g/mol. The van der Waals surface area contributed by atoms with Crippen LogP contribution in [0, 0.1) is 0 Å². The van der Waals surface area contributed by atoms with Crippen molar-refractivity contribution in [3.05, 3.63) is 34.9 Å². The van der Waals surface area contributed by atoms with E-state index in [9.17, 15) is 4.79 Å². The zero-order valence-electron chi connectivity index (χ0n) is 20.2. The van der Waals surface area contributed by atoms with Crippen LogP contribution in [0.4, 0.5) is 0 Å². The second-order valence-electron chi connectivity index (χ2n) is 7.16. The van der Waals surface area contributed by atoms with Gasteiger partial charge in [0.15, 0.2) is 0 Å².